The summed E-state index contributed by atoms with van der Waals surface area (Å²) in [5.41, 5.74) is 1.45. The molecule has 1 saturated heterocycles. The van der Waals surface area contributed by atoms with Crippen molar-refractivity contribution < 1.29 is 14.7 Å². The van der Waals surface area contributed by atoms with E-state index in [2.05, 4.69) is 10.5 Å². The SMILES string of the molecule is CNOC[C@H]1O[C@@H](n2ccc(=O)[nH]c2=O)C[C@@H]1O. The molecule has 1 fully saturated rings. The molecule has 1 aliphatic heterocycles. The lowest BCUT2D eigenvalue weighted by atomic mass is 10.2. The van der Waals surface area contributed by atoms with Crippen molar-refractivity contribution in [2.24, 2.45) is 0 Å². The number of aliphatic hydroxyl groups excluding tert-OH is 1. The zero-order valence-corrected chi connectivity index (χ0v) is 9.83. The predicted molar refractivity (Wildman–Crippen MR) is 60.9 cm³/mol. The fourth-order valence-electron chi connectivity index (χ4n) is 1.86. The van der Waals surface area contributed by atoms with E-state index in [0.29, 0.717) is 0 Å². The van der Waals surface area contributed by atoms with Crippen LogP contribution in [0, 0.1) is 0 Å². The van der Waals surface area contributed by atoms with Crippen molar-refractivity contribution >= 4 is 0 Å². The van der Waals surface area contributed by atoms with Gasteiger partial charge in [-0.25, -0.2) is 10.3 Å². The molecule has 1 aliphatic rings. The summed E-state index contributed by atoms with van der Waals surface area (Å²) in [4.78, 5) is 29.6. The van der Waals surface area contributed by atoms with Gasteiger partial charge in [-0.05, 0) is 0 Å². The number of H-pyrrole nitrogens is 1. The number of hydroxylamine groups is 1. The first-order valence-electron chi connectivity index (χ1n) is 5.55. The summed E-state index contributed by atoms with van der Waals surface area (Å²) in [6, 6.07) is 1.23. The van der Waals surface area contributed by atoms with Crippen molar-refractivity contribution in [3.05, 3.63) is 33.1 Å². The lowest BCUT2D eigenvalue weighted by Gasteiger charge is -2.15. The van der Waals surface area contributed by atoms with Crippen molar-refractivity contribution in [2.75, 3.05) is 13.7 Å². The largest absolute Gasteiger partial charge is 0.390 e. The summed E-state index contributed by atoms with van der Waals surface area (Å²) < 4.78 is 6.75. The van der Waals surface area contributed by atoms with Gasteiger partial charge in [-0.15, -0.1) is 0 Å². The molecule has 0 amide bonds. The molecule has 0 saturated carbocycles. The molecule has 0 radical (unpaired) electrons. The van der Waals surface area contributed by atoms with Crippen LogP contribution in [0.4, 0.5) is 0 Å². The van der Waals surface area contributed by atoms with E-state index in [0.717, 1.165) is 0 Å². The second kappa shape index (κ2) is 5.44. The van der Waals surface area contributed by atoms with E-state index >= 15 is 0 Å². The van der Waals surface area contributed by atoms with Crippen LogP contribution >= 0.6 is 0 Å². The van der Waals surface area contributed by atoms with Gasteiger partial charge >= 0.3 is 5.69 Å². The van der Waals surface area contributed by atoms with Crippen LogP contribution in [0.15, 0.2) is 21.9 Å². The molecule has 0 aliphatic carbocycles. The summed E-state index contributed by atoms with van der Waals surface area (Å²) >= 11 is 0. The number of hydrogen-bond acceptors (Lipinski definition) is 6. The molecule has 100 valence electrons. The molecular weight excluding hydrogens is 242 g/mol. The van der Waals surface area contributed by atoms with Crippen molar-refractivity contribution in [1.82, 2.24) is 15.0 Å². The Balaban J connectivity index is 2.11. The number of aromatic nitrogens is 2. The summed E-state index contributed by atoms with van der Waals surface area (Å²) in [6.07, 6.45) is -0.220. The minimum atomic E-state index is -0.720. The Labute approximate surface area is 102 Å². The highest BCUT2D eigenvalue weighted by Crippen LogP contribution is 2.27. The number of aliphatic hydroxyl groups is 1. The fraction of sp³-hybridized carbons (Fsp3) is 0.600. The van der Waals surface area contributed by atoms with Crippen molar-refractivity contribution in [1.29, 1.82) is 0 Å². The Morgan fingerprint density at radius 3 is 3.11 bits per heavy atom. The normalized spacial score (nSPS) is 27.6. The van der Waals surface area contributed by atoms with Crippen molar-refractivity contribution in [2.45, 2.75) is 24.9 Å². The van der Waals surface area contributed by atoms with Crippen LogP contribution in [-0.2, 0) is 9.57 Å². The highest BCUT2D eigenvalue weighted by Gasteiger charge is 2.35. The second-order valence-corrected chi connectivity index (χ2v) is 3.96. The van der Waals surface area contributed by atoms with Crippen LogP contribution in [0.2, 0.25) is 0 Å². The fourth-order valence-corrected chi connectivity index (χ4v) is 1.86. The van der Waals surface area contributed by atoms with Gasteiger partial charge < -0.3 is 9.84 Å². The molecule has 8 heteroatoms. The highest BCUT2D eigenvalue weighted by atomic mass is 16.7. The zero-order valence-electron chi connectivity index (χ0n) is 9.83. The van der Waals surface area contributed by atoms with Gasteiger partial charge in [0.1, 0.15) is 12.3 Å². The molecule has 1 aromatic heterocycles. The van der Waals surface area contributed by atoms with Crippen LogP contribution in [0.25, 0.3) is 0 Å². The third kappa shape index (κ3) is 2.67. The highest BCUT2D eigenvalue weighted by molar-refractivity contribution is 4.88. The molecule has 2 rings (SSSR count). The predicted octanol–water partition coefficient (Wildman–Crippen LogP) is -1.66. The zero-order chi connectivity index (χ0) is 13.1. The van der Waals surface area contributed by atoms with Crippen LogP contribution < -0.4 is 16.7 Å². The molecule has 0 unspecified atom stereocenters. The van der Waals surface area contributed by atoms with Gasteiger partial charge in [0, 0.05) is 25.7 Å². The summed E-state index contributed by atoms with van der Waals surface area (Å²) in [6.45, 7) is 0.173. The van der Waals surface area contributed by atoms with Crippen LogP contribution in [-0.4, -0.2) is 40.5 Å². The van der Waals surface area contributed by atoms with Gasteiger partial charge in [0.15, 0.2) is 0 Å². The summed E-state index contributed by atoms with van der Waals surface area (Å²) in [7, 11) is 1.60. The van der Waals surface area contributed by atoms with Gasteiger partial charge in [0.2, 0.25) is 0 Å². The Kier molecular flexibility index (Phi) is 3.92. The van der Waals surface area contributed by atoms with E-state index in [9.17, 15) is 14.7 Å². The number of ether oxygens (including phenoxy) is 1. The van der Waals surface area contributed by atoms with Crippen LogP contribution in [0.3, 0.4) is 0 Å². The molecule has 1 aromatic rings. The minimum absolute atomic E-state index is 0.173. The average Bonchev–Trinajstić information content (AvgIpc) is 2.68. The van der Waals surface area contributed by atoms with Crippen LogP contribution in [0.1, 0.15) is 12.6 Å². The number of aromatic amines is 1. The van der Waals surface area contributed by atoms with Gasteiger partial charge in [-0.1, -0.05) is 0 Å². The number of hydrogen-bond donors (Lipinski definition) is 3. The van der Waals surface area contributed by atoms with Gasteiger partial charge in [0.05, 0.1) is 12.7 Å². The Morgan fingerprint density at radius 2 is 2.44 bits per heavy atom. The average molecular weight is 257 g/mol. The number of rotatable bonds is 4. The summed E-state index contributed by atoms with van der Waals surface area (Å²) in [5.74, 6) is 0. The Morgan fingerprint density at radius 1 is 1.67 bits per heavy atom. The topological polar surface area (TPSA) is 106 Å². The van der Waals surface area contributed by atoms with Gasteiger partial charge in [-0.3, -0.25) is 19.2 Å². The maximum absolute atomic E-state index is 11.6. The molecule has 3 atom stereocenters. The lowest BCUT2D eigenvalue weighted by molar-refractivity contribution is -0.0816. The smallest absolute Gasteiger partial charge is 0.330 e. The maximum Gasteiger partial charge on any atom is 0.330 e. The molecule has 3 N–H and O–H groups in total. The molecule has 0 aromatic carbocycles. The Bertz CT molecular complexity index is 511. The first kappa shape index (κ1) is 13.0. The maximum atomic E-state index is 11.6. The van der Waals surface area contributed by atoms with E-state index in [1.165, 1.54) is 16.8 Å². The number of nitrogens with zero attached hydrogens (tertiary/aromatic N) is 1. The lowest BCUT2D eigenvalue weighted by Crippen LogP contribution is -2.32. The third-order valence-electron chi connectivity index (χ3n) is 2.76. The van der Waals surface area contributed by atoms with E-state index in [1.807, 2.05) is 0 Å². The van der Waals surface area contributed by atoms with Gasteiger partial charge in [0.25, 0.3) is 5.56 Å². The monoisotopic (exact) mass is 257 g/mol. The molecule has 0 spiro atoms. The molecule has 18 heavy (non-hydrogen) atoms. The quantitative estimate of drug-likeness (QED) is 0.557. The first-order valence-corrected chi connectivity index (χ1v) is 5.55. The van der Waals surface area contributed by atoms with Gasteiger partial charge in [-0.2, -0.15) is 0 Å². The molecule has 8 nitrogen and oxygen atoms in total. The van der Waals surface area contributed by atoms with E-state index in [-0.39, 0.29) is 13.0 Å². The van der Waals surface area contributed by atoms with E-state index in [1.54, 1.807) is 7.05 Å². The first-order chi connectivity index (χ1) is 8.61. The molecular formula is C10H15N3O5. The van der Waals surface area contributed by atoms with Crippen molar-refractivity contribution in [3.8, 4) is 0 Å². The van der Waals surface area contributed by atoms with E-state index < -0.39 is 29.7 Å². The third-order valence-corrected chi connectivity index (χ3v) is 2.76. The molecule has 0 bridgehead atoms. The summed E-state index contributed by atoms with van der Waals surface area (Å²) in [5, 5.41) is 9.77. The van der Waals surface area contributed by atoms with E-state index in [4.69, 9.17) is 9.57 Å². The molecule has 2 heterocycles. The Hall–Kier alpha value is -1.48. The second-order valence-electron chi connectivity index (χ2n) is 3.96. The van der Waals surface area contributed by atoms with Crippen molar-refractivity contribution in [3.63, 3.8) is 0 Å². The standard InChI is InChI=1S/C10H15N3O5/c1-11-17-5-7-6(14)4-9(18-7)13-3-2-8(15)12-10(13)16/h2-3,6-7,9,11,14H,4-5H2,1H3,(H,12,15,16)/t6-,7+,9+/m0/s1. The van der Waals surface area contributed by atoms with Crippen LogP contribution in [0.5, 0.6) is 0 Å². The number of nitrogens with one attached hydrogen (secondary N) is 2. The minimum Gasteiger partial charge on any atom is -0.390 e.